The van der Waals surface area contributed by atoms with Crippen molar-refractivity contribution in [1.82, 2.24) is 0 Å². The third-order valence-electron chi connectivity index (χ3n) is 5.51. The van der Waals surface area contributed by atoms with Gasteiger partial charge in [-0.1, -0.05) is 6.07 Å². The molecule has 6 heteroatoms. The zero-order chi connectivity index (χ0) is 20.2. The fourth-order valence-corrected chi connectivity index (χ4v) is 3.97. The number of carbonyl (C=O) groups is 2. The first-order chi connectivity index (χ1) is 14.1. The molecule has 2 aromatic rings. The van der Waals surface area contributed by atoms with E-state index in [1.807, 2.05) is 12.1 Å². The van der Waals surface area contributed by atoms with Crippen molar-refractivity contribution in [1.29, 1.82) is 0 Å². The van der Waals surface area contributed by atoms with E-state index >= 15 is 0 Å². The summed E-state index contributed by atoms with van der Waals surface area (Å²) in [6, 6.07) is 12.6. The van der Waals surface area contributed by atoms with Gasteiger partial charge in [0.25, 0.3) is 5.91 Å². The smallest absolute Gasteiger partial charge is 0.255 e. The monoisotopic (exact) mass is 394 g/mol. The number of hydrogen-bond acceptors (Lipinski definition) is 4. The molecule has 1 saturated carbocycles. The molecular weight excluding hydrogens is 368 g/mol. The summed E-state index contributed by atoms with van der Waals surface area (Å²) < 4.78 is 11.5. The Morgan fingerprint density at radius 3 is 2.62 bits per heavy atom. The molecule has 0 aromatic heterocycles. The summed E-state index contributed by atoms with van der Waals surface area (Å²) in [6.45, 7) is 0.699. The number of amides is 2. The van der Waals surface area contributed by atoms with Crippen molar-refractivity contribution >= 4 is 23.2 Å². The summed E-state index contributed by atoms with van der Waals surface area (Å²) in [7, 11) is 1.61. The molecule has 2 fully saturated rings. The first-order valence-corrected chi connectivity index (χ1v) is 10.2. The van der Waals surface area contributed by atoms with Crippen LogP contribution in [0.3, 0.4) is 0 Å². The van der Waals surface area contributed by atoms with Crippen molar-refractivity contribution in [2.45, 2.75) is 44.6 Å². The van der Waals surface area contributed by atoms with Crippen molar-refractivity contribution in [2.75, 3.05) is 23.9 Å². The largest absolute Gasteiger partial charge is 0.493 e. The Balaban J connectivity index is 1.50. The second kappa shape index (κ2) is 8.55. The molecule has 2 aromatic carbocycles. The van der Waals surface area contributed by atoms with Crippen LogP contribution in [-0.4, -0.2) is 31.6 Å². The van der Waals surface area contributed by atoms with E-state index in [-0.39, 0.29) is 17.9 Å². The quantitative estimate of drug-likeness (QED) is 0.789. The van der Waals surface area contributed by atoms with Gasteiger partial charge in [0.2, 0.25) is 5.91 Å². The third-order valence-corrected chi connectivity index (χ3v) is 5.51. The van der Waals surface area contributed by atoms with Crippen molar-refractivity contribution < 1.29 is 19.1 Å². The highest BCUT2D eigenvalue weighted by Gasteiger charge is 2.23. The minimum Gasteiger partial charge on any atom is -0.493 e. The molecule has 0 atom stereocenters. The highest BCUT2D eigenvalue weighted by Crippen LogP contribution is 2.34. The number of carbonyl (C=O) groups excluding carboxylic acids is 2. The molecule has 2 aliphatic rings. The van der Waals surface area contributed by atoms with Crippen LogP contribution in [0.1, 0.15) is 48.9 Å². The molecule has 152 valence electrons. The zero-order valence-corrected chi connectivity index (χ0v) is 16.6. The lowest BCUT2D eigenvalue weighted by molar-refractivity contribution is -0.117. The number of nitrogens with one attached hydrogen (secondary N) is 1. The standard InChI is InChI=1S/C23H26N2O4/c1-28-20-12-11-17(15-21(20)29-19-8-2-3-9-19)24-23(27)16-6-4-7-18(14-16)25-13-5-10-22(25)26/h4,6-7,11-12,14-15,19H,2-3,5,8-10,13H2,1H3,(H,24,27). The molecule has 1 aliphatic carbocycles. The maximum atomic E-state index is 12.8. The van der Waals surface area contributed by atoms with Gasteiger partial charge in [-0.25, -0.2) is 0 Å². The summed E-state index contributed by atoms with van der Waals surface area (Å²) in [5.41, 5.74) is 1.92. The predicted octanol–water partition coefficient (Wildman–Crippen LogP) is 4.40. The molecule has 6 nitrogen and oxygen atoms in total. The van der Waals surface area contributed by atoms with Crippen molar-refractivity contribution in [2.24, 2.45) is 0 Å². The Morgan fingerprint density at radius 1 is 1.07 bits per heavy atom. The van der Waals surface area contributed by atoms with Gasteiger partial charge in [0.15, 0.2) is 11.5 Å². The minimum absolute atomic E-state index is 0.103. The lowest BCUT2D eigenvalue weighted by atomic mass is 10.1. The predicted molar refractivity (Wildman–Crippen MR) is 112 cm³/mol. The number of methoxy groups -OCH3 is 1. The van der Waals surface area contributed by atoms with Crippen LogP contribution in [0, 0.1) is 0 Å². The maximum absolute atomic E-state index is 12.8. The van der Waals surface area contributed by atoms with Gasteiger partial charge >= 0.3 is 0 Å². The van der Waals surface area contributed by atoms with Crippen LogP contribution in [0.2, 0.25) is 0 Å². The van der Waals surface area contributed by atoms with Gasteiger partial charge < -0.3 is 19.7 Å². The summed E-state index contributed by atoms with van der Waals surface area (Å²) in [6.07, 6.45) is 6.06. The zero-order valence-electron chi connectivity index (χ0n) is 16.6. The van der Waals surface area contributed by atoms with E-state index in [0.29, 0.717) is 35.7 Å². The summed E-state index contributed by atoms with van der Waals surface area (Å²) >= 11 is 0. The number of nitrogens with zero attached hydrogens (tertiary/aromatic N) is 1. The van der Waals surface area contributed by atoms with E-state index in [9.17, 15) is 9.59 Å². The van der Waals surface area contributed by atoms with Crippen LogP contribution in [0.4, 0.5) is 11.4 Å². The van der Waals surface area contributed by atoms with Crippen LogP contribution in [-0.2, 0) is 4.79 Å². The highest BCUT2D eigenvalue weighted by atomic mass is 16.5. The summed E-state index contributed by atoms with van der Waals surface area (Å²) in [5.74, 6) is 1.18. The molecule has 1 heterocycles. The van der Waals surface area contributed by atoms with E-state index in [4.69, 9.17) is 9.47 Å². The minimum atomic E-state index is -0.226. The van der Waals surface area contributed by atoms with E-state index in [1.165, 1.54) is 12.8 Å². The molecule has 0 bridgehead atoms. The summed E-state index contributed by atoms with van der Waals surface area (Å²) in [5, 5.41) is 2.93. The van der Waals surface area contributed by atoms with Crippen molar-refractivity contribution in [3.05, 3.63) is 48.0 Å². The van der Waals surface area contributed by atoms with Crippen LogP contribution in [0.5, 0.6) is 11.5 Å². The Kier molecular flexibility index (Phi) is 5.69. The van der Waals surface area contributed by atoms with Gasteiger partial charge in [-0.2, -0.15) is 0 Å². The number of benzene rings is 2. The Bertz CT molecular complexity index is 906. The SMILES string of the molecule is COc1ccc(NC(=O)c2cccc(N3CCCC3=O)c2)cc1OC1CCCC1. The van der Waals surface area contributed by atoms with Gasteiger partial charge in [-0.05, 0) is 62.4 Å². The fraction of sp³-hybridized carbons (Fsp3) is 0.391. The van der Waals surface area contributed by atoms with E-state index in [2.05, 4.69) is 5.32 Å². The van der Waals surface area contributed by atoms with Gasteiger partial charge in [-0.15, -0.1) is 0 Å². The average molecular weight is 394 g/mol. The van der Waals surface area contributed by atoms with Crippen LogP contribution in [0.15, 0.2) is 42.5 Å². The number of anilines is 2. The second-order valence-electron chi connectivity index (χ2n) is 7.54. The second-order valence-corrected chi connectivity index (χ2v) is 7.54. The maximum Gasteiger partial charge on any atom is 0.255 e. The molecule has 2 amide bonds. The van der Waals surface area contributed by atoms with Gasteiger partial charge in [0.05, 0.1) is 13.2 Å². The summed E-state index contributed by atoms with van der Waals surface area (Å²) in [4.78, 5) is 26.5. The third kappa shape index (κ3) is 4.36. The molecule has 1 N–H and O–H groups in total. The van der Waals surface area contributed by atoms with Crippen molar-refractivity contribution in [3.63, 3.8) is 0 Å². The van der Waals surface area contributed by atoms with E-state index < -0.39 is 0 Å². The first kappa shape index (κ1) is 19.3. The molecule has 0 radical (unpaired) electrons. The highest BCUT2D eigenvalue weighted by molar-refractivity contribution is 6.05. The van der Waals surface area contributed by atoms with Gasteiger partial charge in [0, 0.05) is 36.0 Å². The van der Waals surface area contributed by atoms with Crippen LogP contribution < -0.4 is 19.7 Å². The number of hydrogen-bond donors (Lipinski definition) is 1. The topological polar surface area (TPSA) is 67.9 Å². The van der Waals surface area contributed by atoms with Gasteiger partial charge in [0.1, 0.15) is 0 Å². The van der Waals surface area contributed by atoms with Crippen LogP contribution >= 0.6 is 0 Å². The van der Waals surface area contributed by atoms with Gasteiger partial charge in [-0.3, -0.25) is 9.59 Å². The number of rotatable bonds is 6. The van der Waals surface area contributed by atoms with E-state index in [0.717, 1.165) is 24.9 Å². The van der Waals surface area contributed by atoms with Crippen molar-refractivity contribution in [3.8, 4) is 11.5 Å². The molecule has 29 heavy (non-hydrogen) atoms. The average Bonchev–Trinajstić information content (AvgIpc) is 3.40. The lowest BCUT2D eigenvalue weighted by Gasteiger charge is -2.18. The normalized spacial score (nSPS) is 16.9. The Morgan fingerprint density at radius 2 is 1.90 bits per heavy atom. The molecule has 4 rings (SSSR count). The van der Waals surface area contributed by atoms with E-state index in [1.54, 1.807) is 42.3 Å². The first-order valence-electron chi connectivity index (χ1n) is 10.2. The Labute approximate surface area is 170 Å². The molecular formula is C23H26N2O4. The van der Waals surface area contributed by atoms with Crippen LogP contribution in [0.25, 0.3) is 0 Å². The molecule has 1 saturated heterocycles. The molecule has 1 aliphatic heterocycles. The number of ether oxygens (including phenoxy) is 2. The fourth-order valence-electron chi connectivity index (χ4n) is 3.97. The Hall–Kier alpha value is -3.02. The molecule has 0 unspecified atom stereocenters. The molecule has 0 spiro atoms. The lowest BCUT2D eigenvalue weighted by Crippen LogP contribution is -2.24.